The van der Waals surface area contributed by atoms with Crippen molar-refractivity contribution in [1.29, 1.82) is 0 Å². The molecule has 2 unspecified atom stereocenters. The molecule has 0 saturated carbocycles. The molecule has 0 spiro atoms. The van der Waals surface area contributed by atoms with Crippen LogP contribution in [0.15, 0.2) is 59.7 Å². The number of aromatic nitrogens is 1. The van der Waals surface area contributed by atoms with E-state index in [1.807, 2.05) is 26.0 Å². The third-order valence-electron chi connectivity index (χ3n) is 8.83. The Hall–Kier alpha value is -4.13. The first kappa shape index (κ1) is 42.3. The number of hydrogen-bond donors (Lipinski definition) is 4. The van der Waals surface area contributed by atoms with Gasteiger partial charge in [-0.2, -0.15) is 0 Å². The second-order valence-corrected chi connectivity index (χ2v) is 14.1. The van der Waals surface area contributed by atoms with Gasteiger partial charge in [0, 0.05) is 49.3 Å². The number of rotatable bonds is 13. The van der Waals surface area contributed by atoms with Crippen molar-refractivity contribution in [3.8, 4) is 11.1 Å². The summed E-state index contributed by atoms with van der Waals surface area (Å²) in [5.41, 5.74) is 3.14. The van der Waals surface area contributed by atoms with Gasteiger partial charge in [0.1, 0.15) is 17.4 Å². The Morgan fingerprint density at radius 2 is 1.69 bits per heavy atom. The maximum atomic E-state index is 15.8. The molecule has 0 aliphatic carbocycles. The van der Waals surface area contributed by atoms with E-state index in [9.17, 15) is 33.4 Å². The number of amides is 2. The molecule has 2 heterocycles. The number of aryl methyl sites for hydroxylation is 3. The molecule has 1 saturated heterocycles. The average Bonchev–Trinajstić information content (AvgIpc) is 3.45. The molecule has 2 aromatic carbocycles. The van der Waals surface area contributed by atoms with Crippen LogP contribution in [0.3, 0.4) is 0 Å². The van der Waals surface area contributed by atoms with Crippen LogP contribution in [0.4, 0.5) is 13.2 Å². The molecule has 0 bridgehead atoms. The highest BCUT2D eigenvalue weighted by Crippen LogP contribution is 2.35. The standard InChI is InChI=1S/C37H46ClFN4O5.C2H4F2/c1-21-9-11-42(20-21)12-13-43-10-7-8-29(37(43)48)35(46)41-32(18-26(6)45)36(47)40-31(17-25(5)44)30-19-27(14-24(4)34(30)39)33-22(2)15-28(38)16-23(33)3;1-2(3)4/h7-8,10,14-16,19,21,26,31-32,44-45H,5,9,11-13,17-18,20H2,1-4,6H3,(H,40,47)(H,41,46);2H,1H3/t21-,26?,31?,32-;/m0./s1. The molecular formula is C39H50ClF3N4O5. The van der Waals surface area contributed by atoms with Gasteiger partial charge in [0.2, 0.25) is 12.3 Å². The molecule has 3 aromatic rings. The normalized spacial score (nSPS) is 16.1. The van der Waals surface area contributed by atoms with Crippen LogP contribution < -0.4 is 16.2 Å². The molecule has 13 heteroatoms. The molecule has 1 aromatic heterocycles. The molecule has 4 rings (SSSR count). The fourth-order valence-corrected chi connectivity index (χ4v) is 6.81. The zero-order valence-corrected chi connectivity index (χ0v) is 31.4. The van der Waals surface area contributed by atoms with E-state index in [4.69, 9.17) is 11.6 Å². The van der Waals surface area contributed by atoms with Gasteiger partial charge >= 0.3 is 0 Å². The van der Waals surface area contributed by atoms with Crippen molar-refractivity contribution >= 4 is 23.4 Å². The summed E-state index contributed by atoms with van der Waals surface area (Å²) in [6.07, 6.45) is -0.817. The molecule has 4 atom stereocenters. The number of carbonyl (C=O) groups excluding carboxylic acids is 2. The fourth-order valence-electron chi connectivity index (χ4n) is 6.48. The molecule has 52 heavy (non-hydrogen) atoms. The molecule has 2 amide bonds. The van der Waals surface area contributed by atoms with Gasteiger partial charge in [-0.1, -0.05) is 25.1 Å². The summed E-state index contributed by atoms with van der Waals surface area (Å²) in [5, 5.41) is 26.4. The van der Waals surface area contributed by atoms with Gasteiger partial charge < -0.3 is 30.3 Å². The number of nitrogens with one attached hydrogen (secondary N) is 2. The monoisotopic (exact) mass is 746 g/mol. The van der Waals surface area contributed by atoms with E-state index in [1.54, 1.807) is 31.3 Å². The second kappa shape index (κ2) is 19.1. The summed E-state index contributed by atoms with van der Waals surface area (Å²) in [6, 6.07) is 7.62. The van der Waals surface area contributed by atoms with Crippen LogP contribution in [-0.2, 0) is 11.3 Å². The van der Waals surface area contributed by atoms with Gasteiger partial charge in [-0.3, -0.25) is 14.4 Å². The van der Waals surface area contributed by atoms with Crippen LogP contribution in [0.1, 0.15) is 78.7 Å². The van der Waals surface area contributed by atoms with Crippen LogP contribution >= 0.6 is 11.6 Å². The molecule has 9 nitrogen and oxygen atoms in total. The van der Waals surface area contributed by atoms with Gasteiger partial charge in [-0.05, 0) is 118 Å². The number of aliphatic hydroxyl groups is 2. The van der Waals surface area contributed by atoms with E-state index >= 15 is 4.39 Å². The average molecular weight is 747 g/mol. The lowest BCUT2D eigenvalue weighted by Gasteiger charge is -2.26. The van der Waals surface area contributed by atoms with Crippen molar-refractivity contribution in [3.63, 3.8) is 0 Å². The predicted octanol–water partition coefficient (Wildman–Crippen LogP) is 7.03. The van der Waals surface area contributed by atoms with Gasteiger partial charge in [0.05, 0.1) is 17.9 Å². The lowest BCUT2D eigenvalue weighted by atomic mass is 9.90. The van der Waals surface area contributed by atoms with Gasteiger partial charge in [-0.15, -0.1) is 0 Å². The molecule has 4 N–H and O–H groups in total. The van der Waals surface area contributed by atoms with Crippen molar-refractivity contribution in [2.75, 3.05) is 19.6 Å². The van der Waals surface area contributed by atoms with Crippen LogP contribution in [0.5, 0.6) is 0 Å². The highest BCUT2D eigenvalue weighted by atomic mass is 35.5. The number of hydrogen-bond acceptors (Lipinski definition) is 6. The number of carbonyl (C=O) groups is 2. The summed E-state index contributed by atoms with van der Waals surface area (Å²) in [6.45, 7) is 16.5. The van der Waals surface area contributed by atoms with E-state index in [1.165, 1.54) is 17.6 Å². The van der Waals surface area contributed by atoms with Crippen molar-refractivity contribution in [3.05, 3.63) is 104 Å². The minimum atomic E-state index is -2.17. The SMILES string of the molecule is C=C(O)CC(NC(=O)[C@H](CC(C)O)NC(=O)c1cccn(CCN2CC[C@H](C)C2)c1=O)c1cc(-c2c(C)cc(Cl)cc2C)cc(C)c1F.CC(F)F. The minimum absolute atomic E-state index is 0.114. The minimum Gasteiger partial charge on any atom is -0.513 e. The molecular weight excluding hydrogens is 697 g/mol. The molecule has 1 aliphatic heterocycles. The number of nitrogens with zero attached hydrogens (tertiary/aromatic N) is 2. The number of aliphatic hydroxyl groups excluding tert-OH is 2. The molecule has 1 fully saturated rings. The van der Waals surface area contributed by atoms with Crippen LogP contribution in [0, 0.1) is 32.5 Å². The fraction of sp³-hybridized carbons (Fsp3) is 0.462. The predicted molar refractivity (Wildman–Crippen MR) is 198 cm³/mol. The largest absolute Gasteiger partial charge is 0.513 e. The summed E-state index contributed by atoms with van der Waals surface area (Å²) in [5.74, 6) is -1.75. The Labute approximate surface area is 308 Å². The van der Waals surface area contributed by atoms with Gasteiger partial charge in [0.25, 0.3) is 11.5 Å². The summed E-state index contributed by atoms with van der Waals surface area (Å²) in [4.78, 5) is 42.7. The number of likely N-dealkylation sites (tertiary alicyclic amines) is 1. The topological polar surface area (TPSA) is 124 Å². The zero-order chi connectivity index (χ0) is 38.9. The first-order valence-corrected chi connectivity index (χ1v) is 17.7. The van der Waals surface area contributed by atoms with E-state index in [2.05, 4.69) is 29.0 Å². The summed E-state index contributed by atoms with van der Waals surface area (Å²) < 4.78 is 37.9. The molecule has 284 valence electrons. The zero-order valence-electron chi connectivity index (χ0n) is 30.6. The van der Waals surface area contributed by atoms with E-state index in [0.29, 0.717) is 35.2 Å². The highest BCUT2D eigenvalue weighted by Gasteiger charge is 2.29. The Bertz CT molecular complexity index is 1770. The number of alkyl halides is 2. The Morgan fingerprint density at radius 3 is 2.25 bits per heavy atom. The summed E-state index contributed by atoms with van der Waals surface area (Å²) >= 11 is 6.25. The maximum absolute atomic E-state index is 15.8. The van der Waals surface area contributed by atoms with Crippen LogP contribution in [-0.4, -0.2) is 69.7 Å². The van der Waals surface area contributed by atoms with Crippen molar-refractivity contribution in [2.24, 2.45) is 5.92 Å². The lowest BCUT2D eigenvalue weighted by molar-refractivity contribution is -0.124. The quantitative estimate of drug-likeness (QED) is 0.139. The Kier molecular flexibility index (Phi) is 15.5. The van der Waals surface area contributed by atoms with E-state index in [0.717, 1.165) is 43.1 Å². The molecule has 1 aliphatic rings. The first-order valence-electron chi connectivity index (χ1n) is 17.3. The van der Waals surface area contributed by atoms with Gasteiger partial charge in [0.15, 0.2) is 0 Å². The van der Waals surface area contributed by atoms with Crippen molar-refractivity contribution in [2.45, 2.75) is 92.0 Å². The highest BCUT2D eigenvalue weighted by molar-refractivity contribution is 6.30. The van der Waals surface area contributed by atoms with E-state index in [-0.39, 0.29) is 29.7 Å². The number of pyridine rings is 1. The Morgan fingerprint density at radius 1 is 1.06 bits per heavy atom. The first-order chi connectivity index (χ1) is 24.4. The van der Waals surface area contributed by atoms with Crippen molar-refractivity contribution < 1.29 is 33.0 Å². The maximum Gasteiger partial charge on any atom is 0.263 e. The summed E-state index contributed by atoms with van der Waals surface area (Å²) in [7, 11) is 0. The number of benzene rings is 2. The third-order valence-corrected chi connectivity index (χ3v) is 9.05. The lowest BCUT2D eigenvalue weighted by Crippen LogP contribution is -2.50. The van der Waals surface area contributed by atoms with Gasteiger partial charge in [-0.25, -0.2) is 13.2 Å². The van der Waals surface area contributed by atoms with Crippen LogP contribution in [0.25, 0.3) is 11.1 Å². The van der Waals surface area contributed by atoms with E-state index < -0.39 is 47.8 Å². The third kappa shape index (κ3) is 12.0. The van der Waals surface area contributed by atoms with Crippen LogP contribution in [0.2, 0.25) is 5.02 Å². The second-order valence-electron chi connectivity index (χ2n) is 13.7. The van der Waals surface area contributed by atoms with Crippen molar-refractivity contribution in [1.82, 2.24) is 20.1 Å². The molecule has 0 radical (unpaired) electrons. The number of halogens is 4. The smallest absolute Gasteiger partial charge is 0.263 e. The Balaban J connectivity index is 0.00000173.